The Morgan fingerprint density at radius 2 is 0.479 bits per heavy atom. The van der Waals surface area contributed by atoms with Crippen molar-refractivity contribution in [1.29, 1.82) is 0 Å². The first-order valence-electron chi connectivity index (χ1n) is 40.1. The molecule has 0 aliphatic carbocycles. The van der Waals surface area contributed by atoms with Gasteiger partial charge < -0.3 is 33.8 Å². The fraction of sp³-hybridized carbons (Fsp3) is 0.948. The van der Waals surface area contributed by atoms with E-state index >= 15 is 0 Å². The molecule has 0 amide bonds. The molecule has 0 bridgehead atoms. The molecule has 0 heterocycles. The van der Waals surface area contributed by atoms with Crippen molar-refractivity contribution >= 4 is 39.5 Å². The maximum atomic E-state index is 13.1. The Labute approximate surface area is 588 Å². The highest BCUT2D eigenvalue weighted by Gasteiger charge is 2.30. The van der Waals surface area contributed by atoms with Crippen LogP contribution in [0.3, 0.4) is 0 Å². The van der Waals surface area contributed by atoms with Gasteiger partial charge in [0, 0.05) is 25.7 Å². The normalized spacial score (nSPS) is 13.9. The number of hydrogen-bond donors (Lipinski definition) is 3. The molecule has 17 nitrogen and oxygen atoms in total. The van der Waals surface area contributed by atoms with E-state index in [0.717, 1.165) is 95.8 Å². The molecule has 0 saturated carbocycles. The Bertz CT molecular complexity index is 1840. The van der Waals surface area contributed by atoms with Crippen LogP contribution in [0.2, 0.25) is 0 Å². The van der Waals surface area contributed by atoms with Gasteiger partial charge in [0.05, 0.1) is 26.4 Å². The van der Waals surface area contributed by atoms with Gasteiger partial charge in [-0.15, -0.1) is 0 Å². The summed E-state index contributed by atoms with van der Waals surface area (Å²) in [6.07, 6.45) is 59.5. The molecule has 0 aromatic carbocycles. The molecule has 19 heteroatoms. The fourth-order valence-corrected chi connectivity index (χ4v) is 13.5. The van der Waals surface area contributed by atoms with Gasteiger partial charge in [-0.1, -0.05) is 356 Å². The zero-order valence-electron chi connectivity index (χ0n) is 62.5. The summed E-state index contributed by atoms with van der Waals surface area (Å²) in [5.41, 5.74) is 0. The van der Waals surface area contributed by atoms with Crippen LogP contribution in [0, 0.1) is 5.92 Å². The van der Waals surface area contributed by atoms with Gasteiger partial charge in [-0.2, -0.15) is 0 Å². The number of ether oxygens (including phenoxy) is 4. The van der Waals surface area contributed by atoms with Gasteiger partial charge >= 0.3 is 39.5 Å². The van der Waals surface area contributed by atoms with Crippen LogP contribution in [-0.4, -0.2) is 96.7 Å². The molecule has 0 aliphatic rings. The van der Waals surface area contributed by atoms with E-state index in [9.17, 15) is 43.2 Å². The van der Waals surface area contributed by atoms with Crippen molar-refractivity contribution in [3.8, 4) is 0 Å². The van der Waals surface area contributed by atoms with Crippen LogP contribution in [0.25, 0.3) is 0 Å². The second kappa shape index (κ2) is 70.1. The summed E-state index contributed by atoms with van der Waals surface area (Å²) in [4.78, 5) is 72.9. The van der Waals surface area contributed by atoms with E-state index < -0.39 is 97.5 Å². The first kappa shape index (κ1) is 94.1. The van der Waals surface area contributed by atoms with Crippen molar-refractivity contribution in [2.75, 3.05) is 39.6 Å². The van der Waals surface area contributed by atoms with Crippen molar-refractivity contribution in [2.45, 2.75) is 425 Å². The van der Waals surface area contributed by atoms with E-state index in [-0.39, 0.29) is 25.7 Å². The lowest BCUT2D eigenvalue weighted by molar-refractivity contribution is -0.161. The number of phosphoric ester groups is 2. The number of aliphatic hydroxyl groups is 1. The van der Waals surface area contributed by atoms with Gasteiger partial charge in [-0.25, -0.2) is 9.13 Å². The summed E-state index contributed by atoms with van der Waals surface area (Å²) in [5, 5.41) is 10.6. The highest BCUT2D eigenvalue weighted by atomic mass is 31.2. The number of phosphoric acid groups is 2. The highest BCUT2D eigenvalue weighted by molar-refractivity contribution is 7.47. The van der Waals surface area contributed by atoms with Crippen LogP contribution < -0.4 is 0 Å². The molecule has 3 N–H and O–H groups in total. The molecule has 2 unspecified atom stereocenters. The van der Waals surface area contributed by atoms with Gasteiger partial charge in [-0.05, 0) is 31.6 Å². The van der Waals surface area contributed by atoms with Crippen LogP contribution in [0.15, 0.2) is 0 Å². The van der Waals surface area contributed by atoms with Crippen LogP contribution >= 0.6 is 15.6 Å². The molecule has 0 aliphatic heterocycles. The lowest BCUT2D eigenvalue weighted by Crippen LogP contribution is -2.30. The average Bonchev–Trinajstić information content (AvgIpc) is 1.21. The quantitative estimate of drug-likeness (QED) is 0.0222. The summed E-state index contributed by atoms with van der Waals surface area (Å²) in [5.74, 6) is -1.38. The number of hydrogen-bond acceptors (Lipinski definition) is 15. The number of rotatable bonds is 77. The molecule has 0 fully saturated rings. The van der Waals surface area contributed by atoms with Gasteiger partial charge in [0.15, 0.2) is 12.2 Å². The van der Waals surface area contributed by atoms with Crippen molar-refractivity contribution in [3.05, 3.63) is 0 Å². The van der Waals surface area contributed by atoms with Crippen LogP contribution in [-0.2, 0) is 65.4 Å². The molecule has 96 heavy (non-hydrogen) atoms. The summed E-state index contributed by atoms with van der Waals surface area (Å²) in [6.45, 7) is 7.28. The first-order valence-corrected chi connectivity index (χ1v) is 43.1. The highest BCUT2D eigenvalue weighted by Crippen LogP contribution is 2.45. The minimum absolute atomic E-state index is 0.107. The van der Waals surface area contributed by atoms with Gasteiger partial charge in [0.1, 0.15) is 19.3 Å². The molecule has 0 aromatic rings. The zero-order valence-corrected chi connectivity index (χ0v) is 64.3. The minimum atomic E-state index is -4.96. The molecule has 0 radical (unpaired) electrons. The van der Waals surface area contributed by atoms with Gasteiger partial charge in [-0.3, -0.25) is 37.3 Å². The van der Waals surface area contributed by atoms with Crippen molar-refractivity contribution < 1.29 is 80.2 Å². The Morgan fingerprint density at radius 3 is 0.708 bits per heavy atom. The smallest absolute Gasteiger partial charge is 0.462 e. The molecule has 0 aromatic heterocycles. The van der Waals surface area contributed by atoms with Crippen LogP contribution in [0.1, 0.15) is 407 Å². The molecular formula is C77H150O17P2. The maximum absolute atomic E-state index is 13.1. The first-order chi connectivity index (χ1) is 46.5. The number of esters is 4. The SMILES string of the molecule is CCCCCCCCCCCCCCCCCCCC(=O)O[C@H](COC(=O)CCCCCCCCCCCCCCCCC)COP(=O)(O)OC[C@@H](O)COP(=O)(O)OC[C@@H](COC(=O)CCCCCCCCCCC(C)C)OC(=O)CCCCCCCCCCCCCCC. The summed E-state index contributed by atoms with van der Waals surface area (Å²) < 4.78 is 68.6. The Morgan fingerprint density at radius 1 is 0.281 bits per heavy atom. The Hall–Kier alpha value is -1.94. The van der Waals surface area contributed by atoms with Crippen molar-refractivity contribution in [3.63, 3.8) is 0 Å². The van der Waals surface area contributed by atoms with E-state index in [1.807, 2.05) is 0 Å². The lowest BCUT2D eigenvalue weighted by atomic mass is 10.0. The standard InChI is InChI=1S/C77H150O17P2/c1-6-9-12-15-18-21-24-27-29-30-32-35-38-41-48-53-58-63-77(82)93-72(66-87-74(79)60-55-50-45-39-36-34-31-28-25-22-19-16-13-10-7-2)68-91-95(83,84)89-64-71(78)65-90-96(85,86)92-69-73(67-88-75(80)61-56-51-46-43-42-44-49-54-59-70(4)5)94-76(81)62-57-52-47-40-37-33-26-23-20-17-14-11-8-3/h70-73,78H,6-69H2,1-5H3,(H,83,84)(H,85,86)/t71-,72-,73-/m1/s1. The maximum Gasteiger partial charge on any atom is 0.472 e. The zero-order chi connectivity index (χ0) is 70.5. The predicted molar refractivity (Wildman–Crippen MR) is 391 cm³/mol. The summed E-state index contributed by atoms with van der Waals surface area (Å²) in [6, 6.07) is 0. The predicted octanol–water partition coefficient (Wildman–Crippen LogP) is 22.9. The van der Waals surface area contributed by atoms with Crippen molar-refractivity contribution in [1.82, 2.24) is 0 Å². The molecular weight excluding hydrogens is 1260 g/mol. The Balaban J connectivity index is 5.25. The number of unbranched alkanes of at least 4 members (excludes halogenated alkanes) is 49. The molecule has 5 atom stereocenters. The van der Waals surface area contributed by atoms with E-state index in [0.29, 0.717) is 25.7 Å². The number of aliphatic hydroxyl groups excluding tert-OH is 1. The molecule has 570 valence electrons. The lowest BCUT2D eigenvalue weighted by Gasteiger charge is -2.21. The second-order valence-corrected chi connectivity index (χ2v) is 31.1. The minimum Gasteiger partial charge on any atom is -0.462 e. The van der Waals surface area contributed by atoms with Crippen LogP contribution in [0.5, 0.6) is 0 Å². The third-order valence-corrected chi connectivity index (χ3v) is 19.9. The van der Waals surface area contributed by atoms with Crippen molar-refractivity contribution in [2.24, 2.45) is 5.92 Å². The molecule has 0 spiro atoms. The van der Waals surface area contributed by atoms with E-state index in [1.54, 1.807) is 0 Å². The third kappa shape index (κ3) is 70.5. The largest absolute Gasteiger partial charge is 0.472 e. The monoisotopic (exact) mass is 1410 g/mol. The average molecular weight is 1410 g/mol. The topological polar surface area (TPSA) is 237 Å². The molecule has 0 saturated heterocycles. The van der Waals surface area contributed by atoms with Crippen LogP contribution in [0.4, 0.5) is 0 Å². The summed E-state index contributed by atoms with van der Waals surface area (Å²) in [7, 11) is -9.91. The third-order valence-electron chi connectivity index (χ3n) is 18.0. The number of carbonyl (C=O) groups excluding carboxylic acids is 4. The molecule has 0 rings (SSSR count). The van der Waals surface area contributed by atoms with E-state index in [2.05, 4.69) is 34.6 Å². The van der Waals surface area contributed by atoms with Gasteiger partial charge in [0.2, 0.25) is 0 Å². The number of carbonyl (C=O) groups is 4. The second-order valence-electron chi connectivity index (χ2n) is 28.2. The fourth-order valence-electron chi connectivity index (χ4n) is 11.9. The van der Waals surface area contributed by atoms with E-state index in [1.165, 1.54) is 231 Å². The van der Waals surface area contributed by atoms with E-state index in [4.69, 9.17) is 37.0 Å². The summed E-state index contributed by atoms with van der Waals surface area (Å²) >= 11 is 0. The Kier molecular flexibility index (Phi) is 68.7. The van der Waals surface area contributed by atoms with Gasteiger partial charge in [0.25, 0.3) is 0 Å².